The van der Waals surface area contributed by atoms with Crippen molar-refractivity contribution in [2.24, 2.45) is 0 Å². The molecule has 1 rings (SSSR count). The molecule has 0 amide bonds. The molecule has 0 saturated carbocycles. The molecule has 1 aromatic rings. The zero-order valence-electron chi connectivity index (χ0n) is 11.5. The van der Waals surface area contributed by atoms with Crippen LogP contribution in [0.15, 0.2) is 18.7 Å². The Morgan fingerprint density at radius 2 is 1.64 bits per heavy atom. The van der Waals surface area contributed by atoms with Crippen LogP contribution in [0, 0.1) is 6.92 Å². The Balaban J connectivity index is 3.66. The minimum absolute atomic E-state index is 0.0413. The first-order valence-electron chi connectivity index (χ1n) is 5.86. The zero-order valence-corrected chi connectivity index (χ0v) is 11.5. The normalized spacial score (nSPS) is 9.86. The van der Waals surface area contributed by atoms with E-state index < -0.39 is 52.7 Å². The van der Waals surface area contributed by atoms with Crippen LogP contribution in [0.2, 0.25) is 0 Å². The maximum absolute atomic E-state index is 11.3. The van der Waals surface area contributed by atoms with Crippen LogP contribution >= 0.6 is 0 Å². The molecular weight excluding hydrogens is 296 g/mol. The molecule has 0 bridgehead atoms. The molecule has 0 atom stereocenters. The van der Waals surface area contributed by atoms with Gasteiger partial charge in [-0.05, 0) is 18.6 Å². The van der Waals surface area contributed by atoms with Crippen molar-refractivity contribution < 1.29 is 39.2 Å². The van der Waals surface area contributed by atoms with Crippen molar-refractivity contribution >= 4 is 23.9 Å². The summed E-state index contributed by atoms with van der Waals surface area (Å²) in [5.74, 6) is -5.52. The molecule has 0 heterocycles. The summed E-state index contributed by atoms with van der Waals surface area (Å²) in [5.41, 5.74) is -2.08. The van der Waals surface area contributed by atoms with Gasteiger partial charge in [0, 0.05) is 11.6 Å². The van der Waals surface area contributed by atoms with Gasteiger partial charge in [0.1, 0.15) is 6.61 Å². The van der Waals surface area contributed by atoms with Crippen molar-refractivity contribution in [2.45, 2.75) is 13.5 Å². The second kappa shape index (κ2) is 6.53. The molecule has 0 aliphatic carbocycles. The zero-order chi connectivity index (χ0) is 17.0. The summed E-state index contributed by atoms with van der Waals surface area (Å²) in [4.78, 5) is 44.9. The molecule has 0 aliphatic heterocycles. The van der Waals surface area contributed by atoms with E-state index in [1.165, 1.54) is 6.92 Å². The molecule has 0 aliphatic rings. The fourth-order valence-electron chi connectivity index (χ4n) is 1.94. The summed E-state index contributed by atoms with van der Waals surface area (Å²) in [5, 5.41) is 27.5. The van der Waals surface area contributed by atoms with Crippen LogP contribution in [0.1, 0.15) is 42.2 Å². The number of esters is 1. The molecular formula is C14H12O8. The van der Waals surface area contributed by atoms with Crippen LogP contribution in [0.5, 0.6) is 0 Å². The maximum atomic E-state index is 11.3. The molecule has 8 heteroatoms. The predicted octanol–water partition coefficient (Wildman–Crippen LogP) is 1.32. The lowest BCUT2D eigenvalue weighted by molar-refractivity contribution is -0.139. The van der Waals surface area contributed by atoms with E-state index in [1.807, 2.05) is 0 Å². The van der Waals surface area contributed by atoms with Gasteiger partial charge in [0.2, 0.25) is 0 Å². The maximum Gasteiger partial charge on any atom is 0.337 e. The number of carbonyl (C=O) groups is 4. The number of hydrogen-bond acceptors (Lipinski definition) is 5. The summed E-state index contributed by atoms with van der Waals surface area (Å²) in [6, 6.07) is 0.952. The van der Waals surface area contributed by atoms with E-state index in [0.717, 1.165) is 12.1 Å². The van der Waals surface area contributed by atoms with Crippen molar-refractivity contribution in [3.8, 4) is 0 Å². The predicted molar refractivity (Wildman–Crippen MR) is 72.0 cm³/mol. The van der Waals surface area contributed by atoms with Gasteiger partial charge in [0.05, 0.1) is 16.7 Å². The minimum atomic E-state index is -1.63. The summed E-state index contributed by atoms with van der Waals surface area (Å²) >= 11 is 0. The molecule has 3 N–H and O–H groups in total. The number of carboxylic acid groups (broad SMARTS) is 3. The van der Waals surface area contributed by atoms with Gasteiger partial charge in [0.15, 0.2) is 0 Å². The first kappa shape index (κ1) is 16.9. The van der Waals surface area contributed by atoms with E-state index in [9.17, 15) is 29.4 Å². The third-order valence-electron chi connectivity index (χ3n) is 2.81. The number of hydrogen-bond donors (Lipinski definition) is 3. The fourth-order valence-corrected chi connectivity index (χ4v) is 1.94. The topological polar surface area (TPSA) is 138 Å². The number of carbonyl (C=O) groups excluding carboxylic acids is 1. The Morgan fingerprint density at radius 1 is 1.09 bits per heavy atom. The second-order valence-electron chi connectivity index (χ2n) is 4.20. The number of rotatable bonds is 6. The molecule has 0 aromatic heterocycles. The number of ether oxygens (including phenoxy) is 1. The number of benzene rings is 1. The van der Waals surface area contributed by atoms with Gasteiger partial charge < -0.3 is 20.1 Å². The fraction of sp³-hybridized carbons (Fsp3) is 0.143. The molecule has 116 valence electrons. The van der Waals surface area contributed by atoms with Crippen LogP contribution in [0.4, 0.5) is 0 Å². The van der Waals surface area contributed by atoms with Crippen molar-refractivity contribution in [2.75, 3.05) is 0 Å². The quantitative estimate of drug-likeness (QED) is 0.528. The first-order chi connectivity index (χ1) is 10.2. The molecule has 0 unspecified atom stereocenters. The average Bonchev–Trinajstić information content (AvgIpc) is 2.42. The van der Waals surface area contributed by atoms with Gasteiger partial charge in [-0.2, -0.15) is 0 Å². The van der Waals surface area contributed by atoms with Crippen LogP contribution in [0.3, 0.4) is 0 Å². The summed E-state index contributed by atoms with van der Waals surface area (Å²) < 4.78 is 4.67. The summed E-state index contributed by atoms with van der Waals surface area (Å²) in [6.45, 7) is 3.77. The standard InChI is InChI=1S/C14H12O8/c1-3-9(15)22-5-8-10(13(18)19)6(2)4-7(12(16)17)11(8)14(20)21/h3-4H,1,5H2,2H3,(H,16,17)(H,18,19)(H,20,21). The molecule has 0 saturated heterocycles. The Morgan fingerprint density at radius 3 is 2.05 bits per heavy atom. The number of aromatic carboxylic acids is 3. The van der Waals surface area contributed by atoms with Crippen molar-refractivity contribution in [1.29, 1.82) is 0 Å². The first-order valence-corrected chi connectivity index (χ1v) is 5.86. The lowest BCUT2D eigenvalue weighted by Gasteiger charge is -2.15. The Labute approximate surface area is 124 Å². The monoisotopic (exact) mass is 308 g/mol. The smallest absolute Gasteiger partial charge is 0.337 e. The van der Waals surface area contributed by atoms with E-state index in [2.05, 4.69) is 11.3 Å². The van der Waals surface area contributed by atoms with Gasteiger partial charge in [-0.25, -0.2) is 19.2 Å². The highest BCUT2D eigenvalue weighted by molar-refractivity contribution is 6.06. The van der Waals surface area contributed by atoms with Crippen LogP contribution in [-0.4, -0.2) is 39.2 Å². The highest BCUT2D eigenvalue weighted by atomic mass is 16.5. The Hall–Kier alpha value is -3.16. The van der Waals surface area contributed by atoms with E-state index in [-0.39, 0.29) is 5.56 Å². The van der Waals surface area contributed by atoms with Crippen LogP contribution in [-0.2, 0) is 16.1 Å². The van der Waals surface area contributed by atoms with Crippen molar-refractivity contribution in [3.63, 3.8) is 0 Å². The molecule has 22 heavy (non-hydrogen) atoms. The lowest BCUT2D eigenvalue weighted by Crippen LogP contribution is -2.19. The van der Waals surface area contributed by atoms with Crippen molar-refractivity contribution in [3.05, 3.63) is 46.5 Å². The van der Waals surface area contributed by atoms with Crippen molar-refractivity contribution in [1.82, 2.24) is 0 Å². The second-order valence-corrected chi connectivity index (χ2v) is 4.20. The Bertz CT molecular complexity index is 687. The summed E-state index contributed by atoms with van der Waals surface area (Å²) in [6.07, 6.45) is 0.814. The van der Waals surface area contributed by atoms with Gasteiger partial charge >= 0.3 is 23.9 Å². The third-order valence-corrected chi connectivity index (χ3v) is 2.81. The van der Waals surface area contributed by atoms with Gasteiger partial charge in [-0.15, -0.1) is 0 Å². The third kappa shape index (κ3) is 3.29. The minimum Gasteiger partial charge on any atom is -0.478 e. The van der Waals surface area contributed by atoms with Crippen LogP contribution < -0.4 is 0 Å². The van der Waals surface area contributed by atoms with Gasteiger partial charge in [0.25, 0.3) is 0 Å². The molecule has 8 nitrogen and oxygen atoms in total. The molecule has 1 aromatic carbocycles. The van der Waals surface area contributed by atoms with E-state index >= 15 is 0 Å². The van der Waals surface area contributed by atoms with Crippen LogP contribution in [0.25, 0.3) is 0 Å². The lowest BCUT2D eigenvalue weighted by atomic mass is 9.92. The number of aryl methyl sites for hydroxylation is 1. The largest absolute Gasteiger partial charge is 0.478 e. The van der Waals surface area contributed by atoms with Gasteiger partial charge in [-0.1, -0.05) is 6.58 Å². The SMILES string of the molecule is C=CC(=O)OCc1c(C(=O)O)c(C)cc(C(=O)O)c1C(=O)O. The molecule has 0 spiro atoms. The number of carboxylic acids is 3. The van der Waals surface area contributed by atoms with E-state index in [4.69, 9.17) is 5.11 Å². The van der Waals surface area contributed by atoms with E-state index in [1.54, 1.807) is 0 Å². The molecule has 0 radical (unpaired) electrons. The summed E-state index contributed by atoms with van der Waals surface area (Å²) in [7, 11) is 0. The van der Waals surface area contributed by atoms with Gasteiger partial charge in [-0.3, -0.25) is 0 Å². The average molecular weight is 308 g/mol. The molecule has 0 fully saturated rings. The highest BCUT2D eigenvalue weighted by Crippen LogP contribution is 2.25. The highest BCUT2D eigenvalue weighted by Gasteiger charge is 2.28. The Kier molecular flexibility index (Phi) is 5.01. The van der Waals surface area contributed by atoms with E-state index in [0.29, 0.717) is 0 Å².